The van der Waals surface area contributed by atoms with Crippen LogP contribution in [0.3, 0.4) is 0 Å². The summed E-state index contributed by atoms with van der Waals surface area (Å²) < 4.78 is 5.66. The molecule has 3 aromatic carbocycles. The maximum atomic E-state index is 13.9. The summed E-state index contributed by atoms with van der Waals surface area (Å²) in [5.74, 6) is -0.232. The summed E-state index contributed by atoms with van der Waals surface area (Å²) in [6.45, 7) is 5.69. The molecule has 0 spiro atoms. The second kappa shape index (κ2) is 11.3. The number of piperidine rings is 1. The molecule has 1 aliphatic heterocycles. The largest absolute Gasteiger partial charge is 0.496 e. The van der Waals surface area contributed by atoms with Gasteiger partial charge in [-0.3, -0.25) is 14.4 Å². The van der Waals surface area contributed by atoms with E-state index in [1.54, 1.807) is 25.0 Å². The van der Waals surface area contributed by atoms with Crippen LogP contribution >= 0.6 is 0 Å². The molecule has 192 valence electrons. The number of aryl methyl sites for hydroxylation is 2. The Morgan fingerprint density at radius 1 is 1.00 bits per heavy atom. The minimum absolute atomic E-state index is 0.0377. The lowest BCUT2D eigenvalue weighted by atomic mass is 9.82. The lowest BCUT2D eigenvalue weighted by molar-refractivity contribution is -0.126. The van der Waals surface area contributed by atoms with Crippen LogP contribution in [0.15, 0.2) is 66.7 Å². The van der Waals surface area contributed by atoms with E-state index in [0.29, 0.717) is 30.0 Å². The maximum absolute atomic E-state index is 13.9. The molecule has 1 heterocycles. The smallest absolute Gasteiger partial charge is 0.229 e. The number of benzene rings is 3. The van der Waals surface area contributed by atoms with Crippen molar-refractivity contribution in [2.45, 2.75) is 46.1 Å². The van der Waals surface area contributed by atoms with Crippen LogP contribution in [-0.2, 0) is 14.4 Å². The van der Waals surface area contributed by atoms with Crippen molar-refractivity contribution in [3.8, 4) is 5.75 Å². The number of carbonyl (C=O) groups excluding carboxylic acids is 3. The molecule has 4 rings (SSSR count). The Morgan fingerprint density at radius 2 is 1.73 bits per heavy atom. The molecule has 1 saturated heterocycles. The number of hydrogen-bond acceptors (Lipinski definition) is 4. The number of nitrogens with zero attached hydrogens (tertiary/aromatic N) is 1. The second-order valence-corrected chi connectivity index (χ2v) is 9.35. The molecule has 7 nitrogen and oxygen atoms in total. The average molecular weight is 500 g/mol. The summed E-state index contributed by atoms with van der Waals surface area (Å²) in [7, 11) is 1.59. The summed E-state index contributed by atoms with van der Waals surface area (Å²) in [4.78, 5) is 40.8. The van der Waals surface area contributed by atoms with Crippen LogP contribution < -0.4 is 20.3 Å². The summed E-state index contributed by atoms with van der Waals surface area (Å²) in [5.41, 5.74) is 4.72. The number of carbonyl (C=O) groups is 3. The zero-order valence-corrected chi connectivity index (χ0v) is 21.7. The SMILES string of the molecule is CCC(=O)Nc1ccc(C)c(NC(=O)C2CCC(=O)N(c3ccc(C)cc3)C2c2ccccc2OC)c1. The molecule has 37 heavy (non-hydrogen) atoms. The fourth-order valence-corrected chi connectivity index (χ4v) is 4.75. The lowest BCUT2D eigenvalue weighted by Gasteiger charge is -2.41. The van der Waals surface area contributed by atoms with Gasteiger partial charge in [0.25, 0.3) is 0 Å². The molecule has 7 heteroatoms. The highest BCUT2D eigenvalue weighted by molar-refractivity contribution is 6.01. The molecule has 0 aromatic heterocycles. The summed E-state index contributed by atoms with van der Waals surface area (Å²) >= 11 is 0. The van der Waals surface area contributed by atoms with Crippen LogP contribution in [-0.4, -0.2) is 24.8 Å². The third-order valence-electron chi connectivity index (χ3n) is 6.80. The molecule has 0 radical (unpaired) electrons. The van der Waals surface area contributed by atoms with E-state index in [9.17, 15) is 14.4 Å². The highest BCUT2D eigenvalue weighted by atomic mass is 16.5. The Kier molecular flexibility index (Phi) is 7.92. The van der Waals surface area contributed by atoms with E-state index in [-0.39, 0.29) is 24.1 Å². The Bertz CT molecular complexity index is 1300. The summed E-state index contributed by atoms with van der Waals surface area (Å²) in [5, 5.41) is 5.92. The fourth-order valence-electron chi connectivity index (χ4n) is 4.75. The number of methoxy groups -OCH3 is 1. The van der Waals surface area contributed by atoms with E-state index >= 15 is 0 Å². The highest BCUT2D eigenvalue weighted by Crippen LogP contribution is 2.43. The van der Waals surface area contributed by atoms with Gasteiger partial charge in [0, 0.05) is 35.5 Å². The van der Waals surface area contributed by atoms with Gasteiger partial charge in [0.1, 0.15) is 5.75 Å². The van der Waals surface area contributed by atoms with Crippen LogP contribution in [0.2, 0.25) is 0 Å². The quantitative estimate of drug-likeness (QED) is 0.431. The summed E-state index contributed by atoms with van der Waals surface area (Å²) in [6, 6.07) is 20.2. The molecule has 0 saturated carbocycles. The van der Waals surface area contributed by atoms with E-state index in [2.05, 4.69) is 10.6 Å². The number of rotatable bonds is 7. The van der Waals surface area contributed by atoms with Crippen molar-refractivity contribution in [3.05, 3.63) is 83.4 Å². The number of amides is 3. The molecule has 0 bridgehead atoms. The first kappa shape index (κ1) is 25.9. The minimum atomic E-state index is -0.552. The molecule has 2 N–H and O–H groups in total. The number of ether oxygens (including phenoxy) is 1. The predicted molar refractivity (Wildman–Crippen MR) is 146 cm³/mol. The zero-order chi connectivity index (χ0) is 26.5. The van der Waals surface area contributed by atoms with E-state index in [0.717, 1.165) is 22.4 Å². The molecule has 1 fully saturated rings. The molecule has 1 aliphatic rings. The Hall–Kier alpha value is -4.13. The van der Waals surface area contributed by atoms with E-state index in [4.69, 9.17) is 4.74 Å². The van der Waals surface area contributed by atoms with Gasteiger partial charge < -0.3 is 20.3 Å². The molecule has 3 amide bonds. The standard InChI is InChI=1S/C30H33N3O4/c1-5-27(34)31-21-13-12-20(3)25(18-21)32-30(36)24-16-17-28(35)33(22-14-10-19(2)11-15-22)29(24)23-8-6-7-9-26(23)37-4/h6-15,18,24,29H,5,16-17H2,1-4H3,(H,31,34)(H,32,36). The number of nitrogens with one attached hydrogen (secondary N) is 2. The first-order valence-electron chi connectivity index (χ1n) is 12.6. The summed E-state index contributed by atoms with van der Waals surface area (Å²) in [6.07, 6.45) is 1.02. The van der Waals surface area contributed by atoms with Crippen molar-refractivity contribution in [1.29, 1.82) is 0 Å². The Morgan fingerprint density at radius 3 is 2.43 bits per heavy atom. The minimum Gasteiger partial charge on any atom is -0.496 e. The van der Waals surface area contributed by atoms with Gasteiger partial charge in [-0.15, -0.1) is 0 Å². The molecule has 3 aromatic rings. The van der Waals surface area contributed by atoms with E-state index in [1.165, 1.54) is 0 Å². The molecular formula is C30H33N3O4. The third kappa shape index (κ3) is 5.66. The van der Waals surface area contributed by atoms with Gasteiger partial charge in [-0.25, -0.2) is 0 Å². The molecule has 2 atom stereocenters. The normalized spacial score (nSPS) is 17.3. The van der Waals surface area contributed by atoms with Crippen LogP contribution in [0.1, 0.15) is 48.9 Å². The third-order valence-corrected chi connectivity index (χ3v) is 6.80. The van der Waals surface area contributed by atoms with Gasteiger partial charge in [-0.1, -0.05) is 48.9 Å². The maximum Gasteiger partial charge on any atom is 0.229 e. The van der Waals surface area contributed by atoms with Gasteiger partial charge in [0.05, 0.1) is 19.1 Å². The molecular weight excluding hydrogens is 466 g/mol. The van der Waals surface area contributed by atoms with Gasteiger partial charge >= 0.3 is 0 Å². The topological polar surface area (TPSA) is 87.7 Å². The predicted octanol–water partition coefficient (Wildman–Crippen LogP) is 5.78. The van der Waals surface area contributed by atoms with Gasteiger partial charge in [0.2, 0.25) is 17.7 Å². The number of para-hydroxylation sites is 1. The van der Waals surface area contributed by atoms with Crippen molar-refractivity contribution in [2.75, 3.05) is 22.6 Å². The van der Waals surface area contributed by atoms with Gasteiger partial charge in [-0.2, -0.15) is 0 Å². The van der Waals surface area contributed by atoms with E-state index in [1.807, 2.05) is 74.5 Å². The Labute approximate surface area is 217 Å². The van der Waals surface area contributed by atoms with Crippen molar-refractivity contribution in [2.24, 2.45) is 5.92 Å². The number of anilines is 3. The van der Waals surface area contributed by atoms with E-state index < -0.39 is 12.0 Å². The monoisotopic (exact) mass is 499 g/mol. The van der Waals surface area contributed by atoms with Gasteiger partial charge in [0.15, 0.2) is 0 Å². The van der Waals surface area contributed by atoms with Crippen molar-refractivity contribution in [1.82, 2.24) is 0 Å². The highest BCUT2D eigenvalue weighted by Gasteiger charge is 2.42. The number of hydrogen-bond donors (Lipinski definition) is 2. The van der Waals surface area contributed by atoms with Crippen LogP contribution in [0.25, 0.3) is 0 Å². The van der Waals surface area contributed by atoms with Crippen LogP contribution in [0.5, 0.6) is 5.75 Å². The lowest BCUT2D eigenvalue weighted by Crippen LogP contribution is -2.47. The van der Waals surface area contributed by atoms with Crippen LogP contribution in [0.4, 0.5) is 17.1 Å². The van der Waals surface area contributed by atoms with Crippen LogP contribution in [0, 0.1) is 19.8 Å². The van der Waals surface area contributed by atoms with Gasteiger partial charge in [-0.05, 0) is 56.2 Å². The Balaban J connectivity index is 1.73. The average Bonchev–Trinajstić information content (AvgIpc) is 2.90. The first-order chi connectivity index (χ1) is 17.8. The first-order valence-corrected chi connectivity index (χ1v) is 12.6. The molecule has 0 aliphatic carbocycles. The van der Waals surface area contributed by atoms with Crippen molar-refractivity contribution < 1.29 is 19.1 Å². The second-order valence-electron chi connectivity index (χ2n) is 9.35. The fraction of sp³-hybridized carbons (Fsp3) is 0.300. The van der Waals surface area contributed by atoms with Crippen molar-refractivity contribution in [3.63, 3.8) is 0 Å². The van der Waals surface area contributed by atoms with Crippen molar-refractivity contribution >= 4 is 34.8 Å². The molecule has 2 unspecified atom stereocenters. The zero-order valence-electron chi connectivity index (χ0n) is 21.7.